The zero-order valence-corrected chi connectivity index (χ0v) is 17.5. The maximum absolute atomic E-state index is 13.0. The van der Waals surface area contributed by atoms with E-state index in [4.69, 9.17) is 11.6 Å². The molecule has 154 valence electrons. The van der Waals surface area contributed by atoms with E-state index < -0.39 is 5.91 Å². The highest BCUT2D eigenvalue weighted by molar-refractivity contribution is 7.99. The molecule has 0 spiro atoms. The van der Waals surface area contributed by atoms with Gasteiger partial charge in [0.05, 0.1) is 17.3 Å². The van der Waals surface area contributed by atoms with E-state index >= 15 is 0 Å². The van der Waals surface area contributed by atoms with Gasteiger partial charge in [-0.1, -0.05) is 41.6 Å². The quantitative estimate of drug-likeness (QED) is 0.272. The number of halogens is 1. The smallest absolute Gasteiger partial charge is 0.275 e. The maximum atomic E-state index is 13.0. The van der Waals surface area contributed by atoms with Gasteiger partial charge in [-0.05, 0) is 48.5 Å². The van der Waals surface area contributed by atoms with Gasteiger partial charge in [-0.2, -0.15) is 5.10 Å². The summed E-state index contributed by atoms with van der Waals surface area (Å²) in [5.74, 6) is -0.767. The number of benzene rings is 2. The van der Waals surface area contributed by atoms with Crippen LogP contribution in [0.4, 0.5) is 0 Å². The first-order valence-corrected chi connectivity index (χ1v) is 10.3. The summed E-state index contributed by atoms with van der Waals surface area (Å²) in [4.78, 5) is 30.7. The number of pyridine rings is 1. The Morgan fingerprint density at radius 3 is 2.61 bits per heavy atom. The Hall–Kier alpha value is -3.62. The topological polar surface area (TPSA) is 96.1 Å². The van der Waals surface area contributed by atoms with Crippen molar-refractivity contribution in [2.45, 2.75) is 9.92 Å². The number of phenols is 1. The molecule has 2 aromatic carbocycles. The molecule has 0 aliphatic rings. The Kier molecular flexibility index (Phi) is 6.01. The molecule has 2 aromatic heterocycles. The van der Waals surface area contributed by atoms with Gasteiger partial charge >= 0.3 is 0 Å². The highest BCUT2D eigenvalue weighted by atomic mass is 35.5. The molecular weight excluding hydrogens is 436 g/mol. The zero-order valence-electron chi connectivity index (χ0n) is 15.9. The summed E-state index contributed by atoms with van der Waals surface area (Å²) < 4.78 is 1.40. The number of phenolic OH excluding ortho intramolecular Hbond substituents is 1. The third kappa shape index (κ3) is 4.60. The lowest BCUT2D eigenvalue weighted by molar-refractivity contribution is 0.0952. The average Bonchev–Trinajstić information content (AvgIpc) is 2.77. The van der Waals surface area contributed by atoms with Crippen LogP contribution < -0.4 is 11.0 Å². The van der Waals surface area contributed by atoms with Crippen molar-refractivity contribution in [3.63, 3.8) is 0 Å². The molecule has 0 saturated carbocycles. The number of amides is 1. The summed E-state index contributed by atoms with van der Waals surface area (Å²) in [6.45, 7) is 0. The van der Waals surface area contributed by atoms with E-state index in [1.807, 2.05) is 12.1 Å². The average molecular weight is 451 g/mol. The summed E-state index contributed by atoms with van der Waals surface area (Å²) >= 11 is 7.23. The van der Waals surface area contributed by atoms with Gasteiger partial charge in [0, 0.05) is 16.1 Å². The van der Waals surface area contributed by atoms with Crippen LogP contribution in [-0.2, 0) is 0 Å². The second-order valence-electron chi connectivity index (χ2n) is 6.34. The van der Waals surface area contributed by atoms with Gasteiger partial charge in [-0.25, -0.2) is 10.4 Å². The predicted molar refractivity (Wildman–Crippen MR) is 120 cm³/mol. The van der Waals surface area contributed by atoms with Gasteiger partial charge in [0.1, 0.15) is 16.4 Å². The van der Waals surface area contributed by atoms with Crippen molar-refractivity contribution in [3.05, 3.63) is 99.4 Å². The van der Waals surface area contributed by atoms with Crippen molar-refractivity contribution in [3.8, 4) is 5.75 Å². The Bertz CT molecular complexity index is 1350. The largest absolute Gasteiger partial charge is 0.507 e. The fourth-order valence-electron chi connectivity index (χ4n) is 2.77. The summed E-state index contributed by atoms with van der Waals surface area (Å²) in [7, 11) is 0. The minimum atomic E-state index is -0.602. The number of hydrazone groups is 1. The number of rotatable bonds is 5. The Morgan fingerprint density at radius 2 is 1.84 bits per heavy atom. The lowest BCUT2D eigenvalue weighted by atomic mass is 10.2. The van der Waals surface area contributed by atoms with Gasteiger partial charge in [0.15, 0.2) is 0 Å². The molecule has 0 fully saturated rings. The van der Waals surface area contributed by atoms with E-state index in [-0.39, 0.29) is 22.4 Å². The monoisotopic (exact) mass is 450 g/mol. The van der Waals surface area contributed by atoms with E-state index in [0.29, 0.717) is 15.7 Å². The second-order valence-corrected chi connectivity index (χ2v) is 7.84. The van der Waals surface area contributed by atoms with Crippen molar-refractivity contribution >= 4 is 41.1 Å². The number of hydrogen-bond acceptors (Lipinski definition) is 6. The second kappa shape index (κ2) is 9.03. The molecule has 1 amide bonds. The van der Waals surface area contributed by atoms with E-state index in [1.54, 1.807) is 48.7 Å². The lowest BCUT2D eigenvalue weighted by Gasteiger charge is -2.08. The molecule has 7 nitrogen and oxygen atoms in total. The number of para-hydroxylation sites is 1. The molecule has 31 heavy (non-hydrogen) atoms. The molecule has 0 unspecified atom stereocenters. The highest BCUT2D eigenvalue weighted by Crippen LogP contribution is 2.28. The van der Waals surface area contributed by atoms with Gasteiger partial charge < -0.3 is 5.11 Å². The molecule has 2 N–H and O–H groups in total. The van der Waals surface area contributed by atoms with Gasteiger partial charge in [0.2, 0.25) is 0 Å². The number of aromatic nitrogens is 2. The van der Waals surface area contributed by atoms with E-state index in [1.165, 1.54) is 34.5 Å². The van der Waals surface area contributed by atoms with Crippen LogP contribution in [-0.4, -0.2) is 26.6 Å². The zero-order chi connectivity index (χ0) is 21.8. The number of nitrogens with zero attached hydrogens (tertiary/aromatic N) is 3. The highest BCUT2D eigenvalue weighted by Gasteiger charge is 2.14. The number of hydrogen-bond donors (Lipinski definition) is 2. The number of carbonyl (C=O) groups is 1. The molecule has 0 radical (unpaired) electrons. The summed E-state index contributed by atoms with van der Waals surface area (Å²) in [6, 6.07) is 18.5. The van der Waals surface area contributed by atoms with Gasteiger partial charge in [-0.15, -0.1) is 0 Å². The number of nitrogens with one attached hydrogen (secondary N) is 1. The third-order valence-electron chi connectivity index (χ3n) is 4.27. The van der Waals surface area contributed by atoms with Crippen molar-refractivity contribution < 1.29 is 9.90 Å². The van der Waals surface area contributed by atoms with Crippen molar-refractivity contribution in [2.24, 2.45) is 5.10 Å². The molecule has 4 aromatic rings. The molecular formula is C22H15ClN4O3S. The normalized spacial score (nSPS) is 11.1. The predicted octanol–water partition coefficient (Wildman–Crippen LogP) is 3.97. The summed E-state index contributed by atoms with van der Waals surface area (Å²) in [5.41, 5.74) is 2.77. The van der Waals surface area contributed by atoms with E-state index in [9.17, 15) is 14.7 Å². The van der Waals surface area contributed by atoms with E-state index in [0.717, 1.165) is 4.90 Å². The molecule has 0 atom stereocenters. The van der Waals surface area contributed by atoms with Gasteiger partial charge in [-0.3, -0.25) is 14.0 Å². The minimum Gasteiger partial charge on any atom is -0.507 e. The molecule has 0 aliphatic carbocycles. The molecule has 0 saturated heterocycles. The Morgan fingerprint density at radius 1 is 1.10 bits per heavy atom. The number of carbonyl (C=O) groups excluding carboxylic acids is 1. The first kappa shape index (κ1) is 20.6. The molecule has 0 bridgehead atoms. The van der Waals surface area contributed by atoms with Gasteiger partial charge in [0.25, 0.3) is 11.5 Å². The van der Waals surface area contributed by atoms with Crippen molar-refractivity contribution in [1.29, 1.82) is 0 Å². The molecule has 9 heteroatoms. The molecule has 0 aliphatic heterocycles. The molecule has 2 heterocycles. The lowest BCUT2D eigenvalue weighted by Crippen LogP contribution is -2.23. The Labute approximate surface area is 186 Å². The maximum Gasteiger partial charge on any atom is 0.275 e. The summed E-state index contributed by atoms with van der Waals surface area (Å²) in [5, 5.41) is 14.7. The first-order valence-electron chi connectivity index (χ1n) is 9.09. The van der Waals surface area contributed by atoms with Crippen LogP contribution in [0.5, 0.6) is 5.75 Å². The van der Waals surface area contributed by atoms with Crippen LogP contribution in [0.2, 0.25) is 5.02 Å². The van der Waals surface area contributed by atoms with Crippen molar-refractivity contribution in [1.82, 2.24) is 14.8 Å². The SMILES string of the molecule is O=C(N/N=C/c1c(Sc2ccc(Cl)cc2)nc2ccccn2c1=O)c1ccccc1O. The van der Waals surface area contributed by atoms with Crippen LogP contribution in [0.1, 0.15) is 15.9 Å². The van der Waals surface area contributed by atoms with E-state index in [2.05, 4.69) is 15.5 Å². The fourth-order valence-corrected chi connectivity index (χ4v) is 3.78. The standard InChI is InChI=1S/C22H15ClN4O3S/c23-14-8-10-15(11-9-14)31-21-17(22(30)27-12-4-3-7-19(27)25-21)13-24-26-20(29)16-5-1-2-6-18(16)28/h1-13,28H,(H,26,29)/b24-13+. The first-order chi connectivity index (χ1) is 15.0. The van der Waals surface area contributed by atoms with Crippen molar-refractivity contribution in [2.75, 3.05) is 0 Å². The summed E-state index contributed by atoms with van der Waals surface area (Å²) in [6.07, 6.45) is 2.87. The van der Waals surface area contributed by atoms with Crippen LogP contribution >= 0.6 is 23.4 Å². The van der Waals surface area contributed by atoms with Crippen LogP contribution in [0.25, 0.3) is 5.65 Å². The van der Waals surface area contributed by atoms with Crippen LogP contribution in [0.15, 0.2) is 92.7 Å². The third-order valence-corrected chi connectivity index (χ3v) is 5.54. The molecule has 4 rings (SSSR count). The number of aromatic hydroxyl groups is 1. The number of fused-ring (bicyclic) bond motifs is 1. The van der Waals surface area contributed by atoms with Crippen LogP contribution in [0.3, 0.4) is 0 Å². The minimum absolute atomic E-state index is 0.0729. The Balaban J connectivity index is 1.69. The fraction of sp³-hybridized carbons (Fsp3) is 0. The van der Waals surface area contributed by atoms with Crippen LogP contribution in [0, 0.1) is 0 Å².